The van der Waals surface area contributed by atoms with Crippen LogP contribution in [-0.4, -0.2) is 14.8 Å². The fraction of sp³-hybridized carbons (Fsp3) is 0.300. The predicted molar refractivity (Wildman–Crippen MR) is 102 cm³/mol. The molecule has 0 aliphatic heterocycles. The minimum Gasteiger partial charge on any atom is -0.313 e. The van der Waals surface area contributed by atoms with Gasteiger partial charge >= 0.3 is 0 Å². The number of aromatic nitrogens is 3. The summed E-state index contributed by atoms with van der Waals surface area (Å²) in [5, 5.41) is 10.1. The number of rotatable bonds is 3. The van der Waals surface area contributed by atoms with Crippen LogP contribution in [0.3, 0.4) is 0 Å². The molecule has 0 unspecified atom stereocenters. The highest BCUT2D eigenvalue weighted by Gasteiger charge is 2.41. The zero-order valence-corrected chi connectivity index (χ0v) is 15.9. The van der Waals surface area contributed by atoms with Crippen LogP contribution in [0, 0.1) is 5.82 Å². The Morgan fingerprint density at radius 3 is 2.35 bits per heavy atom. The summed E-state index contributed by atoms with van der Waals surface area (Å²) in [4.78, 5) is 0. The van der Waals surface area contributed by atoms with Crippen molar-refractivity contribution in [2.24, 2.45) is 7.05 Å². The summed E-state index contributed by atoms with van der Waals surface area (Å²) in [5.74, 6) is 1.37. The van der Waals surface area contributed by atoms with Crippen LogP contribution >= 0.6 is 23.2 Å². The van der Waals surface area contributed by atoms with Crippen LogP contribution in [0.2, 0.25) is 10.0 Å². The smallest absolute Gasteiger partial charge is 0.165 e. The van der Waals surface area contributed by atoms with Crippen molar-refractivity contribution in [2.75, 3.05) is 0 Å². The summed E-state index contributed by atoms with van der Waals surface area (Å²) in [6, 6.07) is 12.1. The second kappa shape index (κ2) is 6.67. The average molecular weight is 390 g/mol. The largest absolute Gasteiger partial charge is 0.313 e. The van der Waals surface area contributed by atoms with Crippen LogP contribution < -0.4 is 0 Å². The van der Waals surface area contributed by atoms with E-state index in [1.165, 1.54) is 12.1 Å². The first-order chi connectivity index (χ1) is 12.5. The van der Waals surface area contributed by atoms with Crippen LogP contribution in [0.5, 0.6) is 0 Å². The standard InChI is InChI=1S/C20H18Cl2FN3/c1-26-18(16-9-6-14(21)12-17(16)22)24-25-19(26)20(10-2-3-11-20)13-4-7-15(23)8-5-13/h4-9,12H,2-3,10-11H2,1H3. The van der Waals surface area contributed by atoms with Gasteiger partial charge in [-0.15, -0.1) is 10.2 Å². The molecule has 2 aromatic carbocycles. The zero-order chi connectivity index (χ0) is 18.3. The SMILES string of the molecule is Cn1c(-c2ccc(Cl)cc2Cl)nnc1C1(c2ccc(F)cc2)CCCC1. The van der Waals surface area contributed by atoms with Gasteiger partial charge in [-0.05, 0) is 48.7 Å². The molecule has 4 rings (SSSR count). The van der Waals surface area contributed by atoms with Crippen LogP contribution in [0.25, 0.3) is 11.4 Å². The van der Waals surface area contributed by atoms with Gasteiger partial charge in [0.05, 0.1) is 10.4 Å². The summed E-state index contributed by atoms with van der Waals surface area (Å²) in [7, 11) is 1.96. The van der Waals surface area contributed by atoms with Gasteiger partial charge < -0.3 is 4.57 Å². The topological polar surface area (TPSA) is 30.7 Å². The van der Waals surface area contributed by atoms with E-state index >= 15 is 0 Å². The molecule has 3 nitrogen and oxygen atoms in total. The highest BCUT2D eigenvalue weighted by molar-refractivity contribution is 6.36. The van der Waals surface area contributed by atoms with Crippen LogP contribution in [0.1, 0.15) is 37.1 Å². The molecule has 0 spiro atoms. The Kier molecular flexibility index (Phi) is 4.49. The first-order valence-electron chi connectivity index (χ1n) is 8.63. The Morgan fingerprint density at radius 1 is 1.00 bits per heavy atom. The van der Waals surface area contributed by atoms with Crippen molar-refractivity contribution in [3.63, 3.8) is 0 Å². The summed E-state index contributed by atoms with van der Waals surface area (Å²) in [6.07, 6.45) is 4.17. The Morgan fingerprint density at radius 2 is 1.69 bits per heavy atom. The molecule has 3 aromatic rings. The Bertz CT molecular complexity index is 944. The van der Waals surface area contributed by atoms with Gasteiger partial charge in [0.1, 0.15) is 11.6 Å². The molecule has 1 aliphatic carbocycles. The Labute approximate surface area is 161 Å². The summed E-state index contributed by atoms with van der Waals surface area (Å²) in [5.41, 5.74) is 1.64. The number of nitrogens with zero attached hydrogens (tertiary/aromatic N) is 3. The maximum absolute atomic E-state index is 13.4. The van der Waals surface area contributed by atoms with E-state index in [9.17, 15) is 4.39 Å². The van der Waals surface area contributed by atoms with Crippen LogP contribution in [-0.2, 0) is 12.5 Å². The first-order valence-corrected chi connectivity index (χ1v) is 9.38. The van der Waals surface area contributed by atoms with Crippen LogP contribution in [0.4, 0.5) is 4.39 Å². The lowest BCUT2D eigenvalue weighted by Crippen LogP contribution is -2.28. The van der Waals surface area contributed by atoms with Gasteiger partial charge in [-0.1, -0.05) is 48.2 Å². The van der Waals surface area contributed by atoms with E-state index in [0.717, 1.165) is 42.6 Å². The molecule has 1 saturated carbocycles. The number of halogens is 3. The molecule has 6 heteroatoms. The van der Waals surface area contributed by atoms with Gasteiger partial charge in [0, 0.05) is 17.6 Å². The molecule has 0 amide bonds. The maximum atomic E-state index is 13.4. The van der Waals surface area contributed by atoms with Gasteiger partial charge in [0.15, 0.2) is 5.82 Å². The molecule has 1 aromatic heterocycles. The fourth-order valence-electron chi connectivity index (χ4n) is 4.04. The Balaban J connectivity index is 1.84. The average Bonchev–Trinajstić information content (AvgIpc) is 3.24. The number of hydrogen-bond acceptors (Lipinski definition) is 2. The highest BCUT2D eigenvalue weighted by Crippen LogP contribution is 2.46. The summed E-state index contributed by atoms with van der Waals surface area (Å²) >= 11 is 12.4. The molecule has 0 bridgehead atoms. The van der Waals surface area contributed by atoms with Crippen molar-refractivity contribution in [2.45, 2.75) is 31.1 Å². The van der Waals surface area contributed by atoms with Gasteiger partial charge in [-0.3, -0.25) is 0 Å². The molecular formula is C20H18Cl2FN3. The van der Waals surface area contributed by atoms with Gasteiger partial charge in [-0.2, -0.15) is 0 Å². The maximum Gasteiger partial charge on any atom is 0.165 e. The van der Waals surface area contributed by atoms with Gasteiger partial charge in [0.25, 0.3) is 0 Å². The normalized spacial score (nSPS) is 16.2. The fourth-order valence-corrected chi connectivity index (χ4v) is 4.53. The third-order valence-electron chi connectivity index (χ3n) is 5.33. The van der Waals surface area contributed by atoms with E-state index in [2.05, 4.69) is 10.2 Å². The predicted octanol–water partition coefficient (Wildman–Crippen LogP) is 5.79. The van der Waals surface area contributed by atoms with E-state index in [4.69, 9.17) is 23.2 Å². The van der Waals surface area contributed by atoms with Crippen molar-refractivity contribution in [1.29, 1.82) is 0 Å². The molecule has 0 atom stereocenters. The highest BCUT2D eigenvalue weighted by atomic mass is 35.5. The van der Waals surface area contributed by atoms with E-state index in [1.807, 2.05) is 29.8 Å². The lowest BCUT2D eigenvalue weighted by atomic mass is 9.78. The van der Waals surface area contributed by atoms with E-state index in [-0.39, 0.29) is 11.2 Å². The van der Waals surface area contributed by atoms with E-state index < -0.39 is 0 Å². The second-order valence-electron chi connectivity index (χ2n) is 6.83. The zero-order valence-electron chi connectivity index (χ0n) is 14.3. The van der Waals surface area contributed by atoms with Crippen molar-refractivity contribution in [3.8, 4) is 11.4 Å². The van der Waals surface area contributed by atoms with Crippen LogP contribution in [0.15, 0.2) is 42.5 Å². The lowest BCUT2D eigenvalue weighted by molar-refractivity contribution is 0.479. The summed E-state index contributed by atoms with van der Waals surface area (Å²) < 4.78 is 15.4. The number of benzene rings is 2. The van der Waals surface area contributed by atoms with E-state index in [0.29, 0.717) is 15.9 Å². The molecule has 26 heavy (non-hydrogen) atoms. The van der Waals surface area contributed by atoms with Crippen molar-refractivity contribution in [3.05, 3.63) is 69.7 Å². The van der Waals surface area contributed by atoms with Crippen molar-refractivity contribution in [1.82, 2.24) is 14.8 Å². The minimum atomic E-state index is -0.243. The first kappa shape index (κ1) is 17.5. The minimum absolute atomic E-state index is 0.228. The number of hydrogen-bond donors (Lipinski definition) is 0. The molecule has 0 N–H and O–H groups in total. The lowest BCUT2D eigenvalue weighted by Gasteiger charge is -2.28. The van der Waals surface area contributed by atoms with E-state index in [1.54, 1.807) is 12.1 Å². The molecule has 1 fully saturated rings. The molecule has 1 aliphatic rings. The third-order valence-corrected chi connectivity index (χ3v) is 5.88. The monoisotopic (exact) mass is 389 g/mol. The third kappa shape index (κ3) is 2.81. The van der Waals surface area contributed by atoms with Gasteiger partial charge in [0.2, 0.25) is 0 Å². The van der Waals surface area contributed by atoms with Crippen molar-refractivity contribution >= 4 is 23.2 Å². The van der Waals surface area contributed by atoms with Gasteiger partial charge in [-0.25, -0.2) is 4.39 Å². The molecule has 1 heterocycles. The molecule has 0 radical (unpaired) electrons. The second-order valence-corrected chi connectivity index (χ2v) is 7.67. The molecular weight excluding hydrogens is 372 g/mol. The molecule has 134 valence electrons. The quantitative estimate of drug-likeness (QED) is 0.567. The van der Waals surface area contributed by atoms with Crippen molar-refractivity contribution < 1.29 is 4.39 Å². The summed E-state index contributed by atoms with van der Waals surface area (Å²) in [6.45, 7) is 0. The molecule has 0 saturated heterocycles. The Hall–Kier alpha value is -1.91.